The molecule has 7 nitrogen and oxygen atoms in total. The maximum Gasteiger partial charge on any atom is 0.338 e. The Morgan fingerprint density at radius 1 is 0.956 bits per heavy atom. The molecule has 0 fully saturated rings. The van der Waals surface area contributed by atoms with Crippen molar-refractivity contribution in [2.24, 2.45) is 4.99 Å². The van der Waals surface area contributed by atoms with Gasteiger partial charge < -0.3 is 14.2 Å². The SMILES string of the molecule is CCOc1ccc([C@H]2C(C(=O)OC(C)C)=C(C)N=c3s/c(=C/c4ccccc4OCc4cccc5ccccc45)c(=O)n32)cc1. The lowest BCUT2D eigenvalue weighted by atomic mass is 9.96. The van der Waals surface area contributed by atoms with Gasteiger partial charge in [-0.25, -0.2) is 9.79 Å². The van der Waals surface area contributed by atoms with Crippen LogP contribution in [0.5, 0.6) is 11.5 Å². The monoisotopic (exact) mass is 618 g/mol. The van der Waals surface area contributed by atoms with Crippen LogP contribution in [0.3, 0.4) is 0 Å². The third-order valence-corrected chi connectivity index (χ3v) is 8.54. The molecule has 0 saturated carbocycles. The van der Waals surface area contributed by atoms with Gasteiger partial charge in [-0.15, -0.1) is 0 Å². The van der Waals surface area contributed by atoms with Gasteiger partial charge in [0.05, 0.1) is 34.6 Å². The van der Waals surface area contributed by atoms with Crippen LogP contribution < -0.4 is 24.4 Å². The summed E-state index contributed by atoms with van der Waals surface area (Å²) in [5.41, 5.74) is 3.22. The standard InChI is InChI=1S/C37H34N2O5S/c1-5-42-29-19-17-26(18-20-29)34-33(36(41)44-23(2)3)24(4)38-37-39(34)35(40)32(45-37)21-27-12-7-9-16-31(27)43-22-28-14-10-13-25-11-6-8-15-30(25)28/h6-21,23,34H,5,22H2,1-4H3/b32-21+/t34-/m0/s1. The van der Waals surface area contributed by atoms with Crippen molar-refractivity contribution < 1.29 is 19.0 Å². The molecule has 0 N–H and O–H groups in total. The highest BCUT2D eigenvalue weighted by Gasteiger charge is 2.33. The molecular weight excluding hydrogens is 584 g/mol. The zero-order valence-corrected chi connectivity index (χ0v) is 26.5. The molecule has 0 bridgehead atoms. The average molecular weight is 619 g/mol. The number of para-hydroxylation sites is 1. The van der Waals surface area contributed by atoms with Crippen LogP contribution in [0.2, 0.25) is 0 Å². The van der Waals surface area contributed by atoms with Gasteiger partial charge in [-0.2, -0.15) is 0 Å². The fourth-order valence-electron chi connectivity index (χ4n) is 5.53. The first-order chi connectivity index (χ1) is 21.8. The number of nitrogens with zero attached hydrogens (tertiary/aromatic N) is 2. The third kappa shape index (κ3) is 6.19. The largest absolute Gasteiger partial charge is 0.494 e. The Morgan fingerprint density at radius 2 is 1.69 bits per heavy atom. The molecule has 45 heavy (non-hydrogen) atoms. The molecule has 5 aromatic rings. The number of thiazole rings is 1. The molecule has 6 rings (SSSR count). The first-order valence-corrected chi connectivity index (χ1v) is 15.8. The van der Waals surface area contributed by atoms with E-state index < -0.39 is 12.0 Å². The second kappa shape index (κ2) is 13.0. The molecule has 4 aromatic carbocycles. The Balaban J connectivity index is 1.41. The first kappa shape index (κ1) is 30.1. The molecule has 0 aliphatic carbocycles. The quantitative estimate of drug-likeness (QED) is 0.181. The van der Waals surface area contributed by atoms with Gasteiger partial charge in [0, 0.05) is 5.56 Å². The summed E-state index contributed by atoms with van der Waals surface area (Å²) in [4.78, 5) is 32.8. The number of allylic oxidation sites excluding steroid dienone is 1. The smallest absolute Gasteiger partial charge is 0.338 e. The fraction of sp³-hybridized carbons (Fsp3) is 0.216. The number of fused-ring (bicyclic) bond motifs is 2. The molecule has 1 aromatic heterocycles. The van der Waals surface area contributed by atoms with Crippen molar-refractivity contribution in [3.05, 3.63) is 139 Å². The number of ether oxygens (including phenoxy) is 3. The van der Waals surface area contributed by atoms with E-state index in [1.54, 1.807) is 25.3 Å². The Labute approximate surface area is 265 Å². The summed E-state index contributed by atoms with van der Waals surface area (Å²) in [6, 6.07) is 28.8. The molecule has 1 atom stereocenters. The van der Waals surface area contributed by atoms with Crippen LogP contribution in [0.1, 0.15) is 50.4 Å². The van der Waals surface area contributed by atoms with Crippen molar-refractivity contribution in [1.82, 2.24) is 4.57 Å². The number of carbonyl (C=O) groups is 1. The van der Waals surface area contributed by atoms with Crippen molar-refractivity contribution in [2.45, 2.75) is 46.4 Å². The van der Waals surface area contributed by atoms with E-state index in [0.29, 0.717) is 45.3 Å². The van der Waals surface area contributed by atoms with Crippen molar-refractivity contribution in [1.29, 1.82) is 0 Å². The zero-order chi connectivity index (χ0) is 31.5. The normalized spacial score (nSPS) is 14.8. The fourth-order valence-corrected chi connectivity index (χ4v) is 6.57. The summed E-state index contributed by atoms with van der Waals surface area (Å²) < 4.78 is 19.7. The van der Waals surface area contributed by atoms with Gasteiger partial charge in [0.25, 0.3) is 5.56 Å². The van der Waals surface area contributed by atoms with Gasteiger partial charge in [0.2, 0.25) is 0 Å². The van der Waals surface area contributed by atoms with E-state index in [2.05, 4.69) is 24.3 Å². The second-order valence-corrected chi connectivity index (χ2v) is 12.0. The lowest BCUT2D eigenvalue weighted by Crippen LogP contribution is -2.40. The van der Waals surface area contributed by atoms with E-state index in [9.17, 15) is 9.59 Å². The van der Waals surface area contributed by atoms with Crippen LogP contribution in [-0.4, -0.2) is 23.2 Å². The number of carbonyl (C=O) groups excluding carboxylic acids is 1. The van der Waals surface area contributed by atoms with Crippen molar-refractivity contribution in [2.75, 3.05) is 6.61 Å². The van der Waals surface area contributed by atoms with Crippen LogP contribution in [0.15, 0.2) is 112 Å². The van der Waals surface area contributed by atoms with E-state index in [1.807, 2.05) is 79.7 Å². The number of aromatic nitrogens is 1. The number of benzene rings is 4. The maximum absolute atomic E-state index is 14.1. The minimum absolute atomic E-state index is 0.246. The molecular formula is C37H34N2O5S. The zero-order valence-electron chi connectivity index (χ0n) is 25.7. The van der Waals surface area contributed by atoms with Crippen molar-refractivity contribution >= 4 is 34.2 Å². The van der Waals surface area contributed by atoms with Gasteiger partial charge in [-0.05, 0) is 73.9 Å². The number of hydrogen-bond acceptors (Lipinski definition) is 7. The third-order valence-electron chi connectivity index (χ3n) is 7.56. The Kier molecular flexibility index (Phi) is 8.67. The van der Waals surface area contributed by atoms with E-state index in [1.165, 1.54) is 11.3 Å². The lowest BCUT2D eigenvalue weighted by Gasteiger charge is -2.25. The average Bonchev–Trinajstić information content (AvgIpc) is 3.33. The molecule has 0 spiro atoms. The maximum atomic E-state index is 14.1. The second-order valence-electron chi connectivity index (χ2n) is 11.0. The van der Waals surface area contributed by atoms with Crippen LogP contribution >= 0.6 is 11.3 Å². The molecule has 0 saturated heterocycles. The molecule has 0 unspecified atom stereocenters. The Hall–Kier alpha value is -4.95. The Bertz CT molecular complexity index is 2080. The minimum Gasteiger partial charge on any atom is -0.494 e. The summed E-state index contributed by atoms with van der Waals surface area (Å²) in [5.74, 6) is 0.879. The van der Waals surface area contributed by atoms with E-state index >= 15 is 0 Å². The molecule has 2 heterocycles. The van der Waals surface area contributed by atoms with Crippen molar-refractivity contribution in [3.63, 3.8) is 0 Å². The van der Waals surface area contributed by atoms with Crippen molar-refractivity contribution in [3.8, 4) is 11.5 Å². The van der Waals surface area contributed by atoms with Gasteiger partial charge >= 0.3 is 5.97 Å². The first-order valence-electron chi connectivity index (χ1n) is 15.0. The predicted molar refractivity (Wildman–Crippen MR) is 177 cm³/mol. The van der Waals surface area contributed by atoms with Crippen LogP contribution in [0, 0.1) is 0 Å². The highest BCUT2D eigenvalue weighted by molar-refractivity contribution is 7.07. The number of esters is 1. The van der Waals surface area contributed by atoms with Crippen LogP contribution in [0.25, 0.3) is 16.8 Å². The molecule has 8 heteroatoms. The molecule has 1 aliphatic heterocycles. The molecule has 228 valence electrons. The summed E-state index contributed by atoms with van der Waals surface area (Å²) >= 11 is 1.28. The van der Waals surface area contributed by atoms with Crippen LogP contribution in [0.4, 0.5) is 0 Å². The number of hydrogen-bond donors (Lipinski definition) is 0. The summed E-state index contributed by atoms with van der Waals surface area (Å²) in [5, 5.41) is 2.30. The molecule has 1 aliphatic rings. The van der Waals surface area contributed by atoms with Crippen LogP contribution in [-0.2, 0) is 16.1 Å². The van der Waals surface area contributed by atoms with Gasteiger partial charge in [0.15, 0.2) is 4.80 Å². The minimum atomic E-state index is -0.705. The summed E-state index contributed by atoms with van der Waals surface area (Å²) in [6.45, 7) is 8.22. The highest BCUT2D eigenvalue weighted by Crippen LogP contribution is 2.32. The summed E-state index contributed by atoms with van der Waals surface area (Å²) in [7, 11) is 0. The van der Waals surface area contributed by atoms with Gasteiger partial charge in [-0.1, -0.05) is 84.1 Å². The van der Waals surface area contributed by atoms with E-state index in [4.69, 9.17) is 19.2 Å². The van der Waals surface area contributed by atoms with E-state index in [-0.39, 0.29) is 11.7 Å². The topological polar surface area (TPSA) is 79.1 Å². The number of rotatable bonds is 9. The highest BCUT2D eigenvalue weighted by atomic mass is 32.1. The van der Waals surface area contributed by atoms with Gasteiger partial charge in [0.1, 0.15) is 18.1 Å². The predicted octanol–water partition coefficient (Wildman–Crippen LogP) is 6.32. The lowest BCUT2D eigenvalue weighted by molar-refractivity contribution is -0.143. The summed E-state index contributed by atoms with van der Waals surface area (Å²) in [6.07, 6.45) is 1.51. The van der Waals surface area contributed by atoms with E-state index in [0.717, 1.165) is 27.5 Å². The van der Waals surface area contributed by atoms with Gasteiger partial charge in [-0.3, -0.25) is 9.36 Å². The Morgan fingerprint density at radius 3 is 2.47 bits per heavy atom. The molecule has 0 radical (unpaired) electrons. The molecule has 0 amide bonds.